The highest BCUT2D eigenvalue weighted by Gasteiger charge is 2.23. The van der Waals surface area contributed by atoms with Gasteiger partial charge in [-0.3, -0.25) is 9.69 Å². The first-order valence-electron chi connectivity index (χ1n) is 9.60. The van der Waals surface area contributed by atoms with Crippen LogP contribution in [0.4, 0.5) is 10.5 Å². The van der Waals surface area contributed by atoms with Crippen molar-refractivity contribution in [2.75, 3.05) is 25.0 Å². The molecule has 4 rings (SSSR count). The number of nitrogens with one attached hydrogen (secondary N) is 3. The number of urea groups is 1. The van der Waals surface area contributed by atoms with Gasteiger partial charge in [-0.2, -0.15) is 0 Å². The smallest absolute Gasteiger partial charge is 0.326 e. The fourth-order valence-corrected chi connectivity index (χ4v) is 3.44. The lowest BCUT2D eigenvalue weighted by atomic mass is 10.1. The van der Waals surface area contributed by atoms with Crippen LogP contribution in [0.2, 0.25) is 0 Å². The van der Waals surface area contributed by atoms with Gasteiger partial charge in [0.2, 0.25) is 0 Å². The van der Waals surface area contributed by atoms with Gasteiger partial charge in [0.15, 0.2) is 0 Å². The minimum atomic E-state index is -0.206. The summed E-state index contributed by atoms with van der Waals surface area (Å²) >= 11 is 0. The largest absolute Gasteiger partial charge is 0.376 e. The van der Waals surface area contributed by atoms with Crippen LogP contribution in [0.1, 0.15) is 29.6 Å². The summed E-state index contributed by atoms with van der Waals surface area (Å²) in [6.45, 7) is 1.83. The third-order valence-corrected chi connectivity index (χ3v) is 5.05. The van der Waals surface area contributed by atoms with E-state index < -0.39 is 0 Å². The van der Waals surface area contributed by atoms with E-state index in [1.807, 2.05) is 24.7 Å². The number of nitrogens with zero attached hydrogens (tertiary/aromatic N) is 1. The summed E-state index contributed by atoms with van der Waals surface area (Å²) in [7, 11) is 0. The first-order chi connectivity index (χ1) is 13.7. The third-order valence-electron chi connectivity index (χ3n) is 5.05. The van der Waals surface area contributed by atoms with Crippen molar-refractivity contribution in [2.45, 2.75) is 25.4 Å². The highest BCUT2D eigenvalue weighted by molar-refractivity contribution is 5.95. The van der Waals surface area contributed by atoms with Crippen LogP contribution in [-0.2, 0) is 4.74 Å². The molecule has 0 saturated carbocycles. The Bertz CT molecular complexity index is 836. The van der Waals surface area contributed by atoms with Crippen molar-refractivity contribution in [2.24, 2.45) is 0 Å². The summed E-state index contributed by atoms with van der Waals surface area (Å²) < 4.78 is 5.63. The van der Waals surface area contributed by atoms with Crippen molar-refractivity contribution >= 4 is 17.6 Å². The second-order valence-electron chi connectivity index (χ2n) is 7.09. The molecule has 1 fully saturated rings. The van der Waals surface area contributed by atoms with Gasteiger partial charge in [-0.25, -0.2) is 4.79 Å². The molecule has 0 bridgehead atoms. The number of fused-ring (bicyclic) bond motifs is 1. The molecule has 1 saturated heterocycles. The molecular weight excluding hydrogens is 356 g/mol. The lowest BCUT2D eigenvalue weighted by Gasteiger charge is -2.22. The van der Waals surface area contributed by atoms with Crippen molar-refractivity contribution in [3.8, 4) is 0 Å². The molecule has 7 nitrogen and oxygen atoms in total. The van der Waals surface area contributed by atoms with Crippen LogP contribution in [0.5, 0.6) is 0 Å². The maximum Gasteiger partial charge on any atom is 0.326 e. The Morgan fingerprint density at radius 1 is 1.21 bits per heavy atom. The number of dihydropyridines is 1. The van der Waals surface area contributed by atoms with Gasteiger partial charge >= 0.3 is 6.03 Å². The van der Waals surface area contributed by atoms with Gasteiger partial charge in [0.25, 0.3) is 5.91 Å². The summed E-state index contributed by atoms with van der Waals surface area (Å²) in [5.74, 6) is -0.133. The van der Waals surface area contributed by atoms with Crippen LogP contribution in [-0.4, -0.2) is 42.6 Å². The van der Waals surface area contributed by atoms with Gasteiger partial charge in [0, 0.05) is 43.0 Å². The molecule has 0 aliphatic carbocycles. The second-order valence-corrected chi connectivity index (χ2v) is 7.09. The van der Waals surface area contributed by atoms with Gasteiger partial charge in [-0.05, 0) is 60.8 Å². The lowest BCUT2D eigenvalue weighted by molar-refractivity contribution is 0.0169. The van der Waals surface area contributed by atoms with Crippen molar-refractivity contribution in [1.29, 1.82) is 0 Å². The Balaban J connectivity index is 1.29. The molecule has 3 aliphatic heterocycles. The Labute approximate surface area is 164 Å². The number of allylic oxidation sites excluding steroid dienone is 1. The van der Waals surface area contributed by atoms with Gasteiger partial charge in [-0.15, -0.1) is 0 Å². The molecule has 1 aromatic rings. The number of amides is 3. The van der Waals surface area contributed by atoms with Crippen LogP contribution >= 0.6 is 0 Å². The van der Waals surface area contributed by atoms with Gasteiger partial charge in [-0.1, -0.05) is 0 Å². The quantitative estimate of drug-likeness (QED) is 0.750. The average molecular weight is 380 g/mol. The molecule has 0 aromatic heterocycles. The van der Waals surface area contributed by atoms with E-state index in [1.165, 1.54) is 0 Å². The van der Waals surface area contributed by atoms with E-state index in [0.717, 1.165) is 37.0 Å². The zero-order chi connectivity index (χ0) is 19.3. The fourth-order valence-electron chi connectivity index (χ4n) is 3.44. The van der Waals surface area contributed by atoms with Gasteiger partial charge < -0.3 is 20.7 Å². The van der Waals surface area contributed by atoms with Crippen molar-refractivity contribution < 1.29 is 14.3 Å². The van der Waals surface area contributed by atoms with Crippen LogP contribution < -0.4 is 16.0 Å². The number of ether oxygens (including phenoxy) is 1. The molecule has 146 valence electrons. The number of benzene rings is 1. The average Bonchev–Trinajstić information content (AvgIpc) is 3.18. The molecule has 7 heteroatoms. The van der Waals surface area contributed by atoms with Crippen molar-refractivity contribution in [3.05, 3.63) is 65.7 Å². The molecule has 0 radical (unpaired) electrons. The van der Waals surface area contributed by atoms with E-state index in [-0.39, 0.29) is 18.0 Å². The van der Waals surface area contributed by atoms with E-state index >= 15 is 0 Å². The maximum atomic E-state index is 12.5. The number of hydrogen-bond donors (Lipinski definition) is 3. The molecule has 3 aliphatic rings. The Hall–Kier alpha value is -3.06. The van der Waals surface area contributed by atoms with E-state index in [1.54, 1.807) is 29.2 Å². The number of carbonyl (C=O) groups is 2. The summed E-state index contributed by atoms with van der Waals surface area (Å²) in [5, 5.41) is 8.80. The van der Waals surface area contributed by atoms with Crippen LogP contribution in [0, 0.1) is 0 Å². The molecule has 1 aromatic carbocycles. The van der Waals surface area contributed by atoms with E-state index in [9.17, 15) is 9.59 Å². The molecule has 28 heavy (non-hydrogen) atoms. The fraction of sp³-hybridized carbons (Fsp3) is 0.333. The molecule has 1 atom stereocenters. The Morgan fingerprint density at radius 3 is 2.82 bits per heavy atom. The topological polar surface area (TPSA) is 82.7 Å². The zero-order valence-electron chi connectivity index (χ0n) is 15.6. The van der Waals surface area contributed by atoms with Crippen molar-refractivity contribution in [1.82, 2.24) is 15.5 Å². The van der Waals surface area contributed by atoms with E-state index in [2.05, 4.69) is 16.0 Å². The standard InChI is InChI=1S/C21H24N4O3/c26-20(23-12-19-3-1-2-10-28-19)15-4-6-18(7-5-15)24-21(27)25-13-16-8-9-22-11-17(16)14-25/h4-9,11,13,19,22H,1-3,10,12,14H2,(H,23,26)(H,24,27). The van der Waals surface area contributed by atoms with Gasteiger partial charge in [0.05, 0.1) is 12.6 Å². The second kappa shape index (κ2) is 8.31. The minimum absolute atomic E-state index is 0.106. The molecular formula is C21H24N4O3. The number of hydrogen-bond acceptors (Lipinski definition) is 4. The zero-order valence-corrected chi connectivity index (χ0v) is 15.6. The summed E-state index contributed by atoms with van der Waals surface area (Å²) in [6.07, 6.45) is 10.8. The number of anilines is 1. The van der Waals surface area contributed by atoms with Crippen LogP contribution in [0.3, 0.4) is 0 Å². The SMILES string of the molecule is O=C(NCC1CCCCO1)c1ccc(NC(=O)N2C=C3C=CNC=C3C2)cc1. The molecule has 0 spiro atoms. The first kappa shape index (κ1) is 18.3. The highest BCUT2D eigenvalue weighted by Crippen LogP contribution is 2.24. The number of rotatable bonds is 4. The molecule has 1 unspecified atom stereocenters. The summed E-state index contributed by atoms with van der Waals surface area (Å²) in [5.41, 5.74) is 3.31. The predicted octanol–water partition coefficient (Wildman–Crippen LogP) is 2.72. The number of carbonyl (C=O) groups excluding carboxylic acids is 2. The monoisotopic (exact) mass is 380 g/mol. The van der Waals surface area contributed by atoms with E-state index in [4.69, 9.17) is 4.74 Å². The van der Waals surface area contributed by atoms with Crippen LogP contribution in [0.15, 0.2) is 60.1 Å². The highest BCUT2D eigenvalue weighted by atomic mass is 16.5. The predicted molar refractivity (Wildman–Crippen MR) is 107 cm³/mol. The minimum Gasteiger partial charge on any atom is -0.376 e. The lowest BCUT2D eigenvalue weighted by Crippen LogP contribution is -2.35. The first-order valence-corrected chi connectivity index (χ1v) is 9.60. The Kier molecular flexibility index (Phi) is 5.43. The summed E-state index contributed by atoms with van der Waals surface area (Å²) in [4.78, 5) is 26.4. The third kappa shape index (κ3) is 4.26. The molecule has 3 N–H and O–H groups in total. The molecule has 3 amide bonds. The summed E-state index contributed by atoms with van der Waals surface area (Å²) in [6, 6.07) is 6.69. The van der Waals surface area contributed by atoms with Crippen LogP contribution in [0.25, 0.3) is 0 Å². The maximum absolute atomic E-state index is 12.5. The van der Waals surface area contributed by atoms with Crippen molar-refractivity contribution in [3.63, 3.8) is 0 Å². The normalized spacial score (nSPS) is 20.6. The Morgan fingerprint density at radius 2 is 2.07 bits per heavy atom. The van der Waals surface area contributed by atoms with E-state index in [0.29, 0.717) is 24.3 Å². The molecule has 3 heterocycles. The van der Waals surface area contributed by atoms with Gasteiger partial charge in [0.1, 0.15) is 0 Å².